The van der Waals surface area contributed by atoms with Gasteiger partial charge in [0.05, 0.1) is 23.0 Å². The Morgan fingerprint density at radius 3 is 2.58 bits per heavy atom. The lowest BCUT2D eigenvalue weighted by atomic mass is 9.89. The van der Waals surface area contributed by atoms with Crippen LogP contribution in [0.25, 0.3) is 0 Å². The smallest absolute Gasteiger partial charge is 0.349 e. The first-order chi connectivity index (χ1) is 11.3. The number of alkyl halides is 3. The number of hydrogen-bond acceptors (Lipinski definition) is 3. The summed E-state index contributed by atoms with van der Waals surface area (Å²) in [6.07, 6.45) is -2.45. The minimum atomic E-state index is -4.36. The molecule has 3 rings (SSSR count). The Labute approximate surface area is 136 Å². The summed E-state index contributed by atoms with van der Waals surface area (Å²) in [5.74, 6) is -0.310. The van der Waals surface area contributed by atoms with Gasteiger partial charge in [0.2, 0.25) is 5.91 Å². The van der Waals surface area contributed by atoms with Crippen molar-refractivity contribution in [3.63, 3.8) is 0 Å². The van der Waals surface area contributed by atoms with E-state index in [0.29, 0.717) is 24.8 Å². The van der Waals surface area contributed by atoms with E-state index in [4.69, 9.17) is 0 Å². The summed E-state index contributed by atoms with van der Waals surface area (Å²) in [5.41, 5.74) is 1.64. The summed E-state index contributed by atoms with van der Waals surface area (Å²) in [5, 5.41) is 13.5. The Morgan fingerprint density at radius 1 is 1.25 bits per heavy atom. The number of amides is 1. The molecule has 1 aromatic heterocycles. The highest BCUT2D eigenvalue weighted by Crippen LogP contribution is 2.30. The SMILES string of the molecule is C[C@@H](NC(=O)[C@@H]1CCc2n[nH]nc2C1)c1ccc(C(F)(F)F)cc1. The third-order valence-corrected chi connectivity index (χ3v) is 4.34. The number of aromatic amines is 1. The molecule has 128 valence electrons. The molecular formula is C16H17F3N4O. The normalized spacial score (nSPS) is 18.8. The lowest BCUT2D eigenvalue weighted by Crippen LogP contribution is -2.35. The van der Waals surface area contributed by atoms with E-state index in [9.17, 15) is 18.0 Å². The van der Waals surface area contributed by atoms with E-state index in [0.717, 1.165) is 23.5 Å². The Kier molecular flexibility index (Phi) is 4.29. The molecule has 0 aliphatic heterocycles. The molecular weight excluding hydrogens is 321 g/mol. The molecule has 1 heterocycles. The Hall–Kier alpha value is -2.38. The van der Waals surface area contributed by atoms with Crippen molar-refractivity contribution < 1.29 is 18.0 Å². The first-order valence-electron chi connectivity index (χ1n) is 7.70. The van der Waals surface area contributed by atoms with Gasteiger partial charge in [-0.15, -0.1) is 0 Å². The van der Waals surface area contributed by atoms with Gasteiger partial charge in [-0.25, -0.2) is 0 Å². The highest BCUT2D eigenvalue weighted by Gasteiger charge is 2.31. The molecule has 2 atom stereocenters. The molecule has 1 aromatic carbocycles. The topological polar surface area (TPSA) is 70.7 Å². The van der Waals surface area contributed by atoms with Gasteiger partial charge < -0.3 is 5.32 Å². The minimum absolute atomic E-state index is 0.115. The molecule has 1 aliphatic rings. The van der Waals surface area contributed by atoms with Crippen LogP contribution in [0.3, 0.4) is 0 Å². The van der Waals surface area contributed by atoms with Crippen LogP contribution in [0.2, 0.25) is 0 Å². The molecule has 0 fully saturated rings. The van der Waals surface area contributed by atoms with E-state index in [1.165, 1.54) is 12.1 Å². The van der Waals surface area contributed by atoms with Gasteiger partial charge in [-0.1, -0.05) is 12.1 Å². The first kappa shape index (κ1) is 16.5. The Morgan fingerprint density at radius 2 is 1.92 bits per heavy atom. The fourth-order valence-electron chi connectivity index (χ4n) is 2.88. The second kappa shape index (κ2) is 6.26. The fourth-order valence-corrected chi connectivity index (χ4v) is 2.88. The average Bonchev–Trinajstić information content (AvgIpc) is 3.01. The highest BCUT2D eigenvalue weighted by atomic mass is 19.4. The van der Waals surface area contributed by atoms with Gasteiger partial charge in [-0.3, -0.25) is 4.79 Å². The average molecular weight is 338 g/mol. The number of carbonyl (C=O) groups excluding carboxylic acids is 1. The van der Waals surface area contributed by atoms with Crippen LogP contribution in [0.15, 0.2) is 24.3 Å². The lowest BCUT2D eigenvalue weighted by molar-refractivity contribution is -0.137. The predicted molar refractivity (Wildman–Crippen MR) is 79.9 cm³/mol. The Bertz CT molecular complexity index is 724. The van der Waals surface area contributed by atoms with Crippen molar-refractivity contribution in [2.45, 2.75) is 38.4 Å². The summed E-state index contributed by atoms with van der Waals surface area (Å²) in [6, 6.07) is 4.48. The molecule has 0 spiro atoms. The molecule has 0 bridgehead atoms. The summed E-state index contributed by atoms with van der Waals surface area (Å²) < 4.78 is 37.8. The maximum Gasteiger partial charge on any atom is 0.416 e. The van der Waals surface area contributed by atoms with E-state index in [-0.39, 0.29) is 17.9 Å². The van der Waals surface area contributed by atoms with Gasteiger partial charge in [-0.05, 0) is 37.5 Å². The van der Waals surface area contributed by atoms with Gasteiger partial charge in [0.1, 0.15) is 0 Å². The number of aryl methyl sites for hydroxylation is 1. The van der Waals surface area contributed by atoms with Crippen molar-refractivity contribution in [2.24, 2.45) is 5.92 Å². The largest absolute Gasteiger partial charge is 0.416 e. The van der Waals surface area contributed by atoms with Crippen LogP contribution >= 0.6 is 0 Å². The van der Waals surface area contributed by atoms with Crippen LogP contribution in [0, 0.1) is 5.92 Å². The molecule has 0 saturated heterocycles. The fraction of sp³-hybridized carbons (Fsp3) is 0.438. The number of nitrogens with zero attached hydrogens (tertiary/aromatic N) is 2. The van der Waals surface area contributed by atoms with Crippen molar-refractivity contribution >= 4 is 5.91 Å². The van der Waals surface area contributed by atoms with Crippen molar-refractivity contribution in [2.75, 3.05) is 0 Å². The summed E-state index contributed by atoms with van der Waals surface area (Å²) in [7, 11) is 0. The lowest BCUT2D eigenvalue weighted by Gasteiger charge is -2.22. The predicted octanol–water partition coefficient (Wildman–Crippen LogP) is 2.81. The standard InChI is InChI=1S/C16H17F3N4O/c1-9(10-2-5-12(6-3-10)16(17,18)19)20-15(24)11-4-7-13-14(8-11)22-23-21-13/h2-3,5-6,9,11H,4,7-8H2,1H3,(H,20,24)(H,21,22,23)/t9-,11-/m1/s1. The number of H-pyrrole nitrogens is 1. The maximum atomic E-state index is 12.6. The van der Waals surface area contributed by atoms with Gasteiger partial charge >= 0.3 is 6.18 Å². The Balaban J connectivity index is 1.62. The third kappa shape index (κ3) is 3.42. The van der Waals surface area contributed by atoms with E-state index in [1.807, 2.05) is 0 Å². The molecule has 24 heavy (non-hydrogen) atoms. The van der Waals surface area contributed by atoms with Crippen LogP contribution in [0.4, 0.5) is 13.2 Å². The van der Waals surface area contributed by atoms with Gasteiger partial charge in [0, 0.05) is 12.3 Å². The quantitative estimate of drug-likeness (QED) is 0.904. The van der Waals surface area contributed by atoms with Gasteiger partial charge in [0.25, 0.3) is 0 Å². The number of hydrogen-bond donors (Lipinski definition) is 2. The monoisotopic (exact) mass is 338 g/mol. The molecule has 8 heteroatoms. The van der Waals surface area contributed by atoms with Gasteiger partial charge in [-0.2, -0.15) is 28.6 Å². The molecule has 5 nitrogen and oxygen atoms in total. The van der Waals surface area contributed by atoms with Crippen LogP contribution in [-0.2, 0) is 23.8 Å². The minimum Gasteiger partial charge on any atom is -0.349 e. The van der Waals surface area contributed by atoms with E-state index < -0.39 is 11.7 Å². The number of halogens is 3. The molecule has 1 aliphatic carbocycles. The molecule has 0 unspecified atom stereocenters. The van der Waals surface area contributed by atoms with Crippen molar-refractivity contribution in [3.05, 3.63) is 46.8 Å². The van der Waals surface area contributed by atoms with Crippen LogP contribution in [0.1, 0.15) is 41.9 Å². The van der Waals surface area contributed by atoms with Crippen LogP contribution in [-0.4, -0.2) is 21.3 Å². The summed E-state index contributed by atoms with van der Waals surface area (Å²) in [6.45, 7) is 1.75. The van der Waals surface area contributed by atoms with Crippen molar-refractivity contribution in [3.8, 4) is 0 Å². The molecule has 0 saturated carbocycles. The highest BCUT2D eigenvalue weighted by molar-refractivity contribution is 5.79. The van der Waals surface area contributed by atoms with E-state index in [1.54, 1.807) is 6.92 Å². The van der Waals surface area contributed by atoms with Crippen molar-refractivity contribution in [1.29, 1.82) is 0 Å². The van der Waals surface area contributed by atoms with Crippen LogP contribution in [0.5, 0.6) is 0 Å². The van der Waals surface area contributed by atoms with E-state index in [2.05, 4.69) is 20.7 Å². The third-order valence-electron chi connectivity index (χ3n) is 4.34. The van der Waals surface area contributed by atoms with Gasteiger partial charge in [0.15, 0.2) is 0 Å². The molecule has 2 aromatic rings. The second-order valence-corrected chi connectivity index (χ2v) is 6.01. The summed E-state index contributed by atoms with van der Waals surface area (Å²) >= 11 is 0. The zero-order valence-electron chi connectivity index (χ0n) is 13.0. The molecule has 1 amide bonds. The number of benzene rings is 1. The second-order valence-electron chi connectivity index (χ2n) is 6.01. The van der Waals surface area contributed by atoms with Crippen molar-refractivity contribution in [1.82, 2.24) is 20.7 Å². The number of fused-ring (bicyclic) bond motifs is 1. The number of aromatic nitrogens is 3. The molecule has 0 radical (unpaired) electrons. The number of rotatable bonds is 3. The van der Waals surface area contributed by atoms with E-state index >= 15 is 0 Å². The maximum absolute atomic E-state index is 12.6. The first-order valence-corrected chi connectivity index (χ1v) is 7.70. The zero-order valence-corrected chi connectivity index (χ0v) is 13.0. The number of nitrogens with one attached hydrogen (secondary N) is 2. The summed E-state index contributed by atoms with van der Waals surface area (Å²) in [4.78, 5) is 12.4. The zero-order chi connectivity index (χ0) is 17.3. The van der Waals surface area contributed by atoms with Crippen LogP contribution < -0.4 is 5.32 Å². The number of carbonyl (C=O) groups is 1. The molecule has 2 N–H and O–H groups in total.